The van der Waals surface area contributed by atoms with Crippen molar-refractivity contribution >= 4 is 28.4 Å². The van der Waals surface area contributed by atoms with Crippen LogP contribution in [-0.2, 0) is 0 Å². The predicted molar refractivity (Wildman–Crippen MR) is 136 cm³/mol. The molecule has 0 atom stereocenters. The number of methoxy groups -OCH3 is 1. The predicted octanol–water partition coefficient (Wildman–Crippen LogP) is 5.48. The van der Waals surface area contributed by atoms with E-state index in [1.54, 1.807) is 32.3 Å². The molecule has 0 aliphatic rings. The lowest BCUT2D eigenvalue weighted by Gasteiger charge is -2.16. The molecule has 1 heterocycles. The van der Waals surface area contributed by atoms with Gasteiger partial charge >= 0.3 is 0 Å². The normalized spacial score (nSPS) is 10.7. The van der Waals surface area contributed by atoms with Gasteiger partial charge in [-0.05, 0) is 49.7 Å². The molecule has 0 aliphatic carbocycles. The van der Waals surface area contributed by atoms with Crippen LogP contribution in [0.3, 0.4) is 0 Å². The van der Waals surface area contributed by atoms with E-state index in [0.717, 1.165) is 27.7 Å². The maximum absolute atomic E-state index is 13.5. The monoisotopic (exact) mass is 453 g/mol. The zero-order valence-corrected chi connectivity index (χ0v) is 20.0. The van der Waals surface area contributed by atoms with E-state index in [9.17, 15) is 9.59 Å². The summed E-state index contributed by atoms with van der Waals surface area (Å²) in [4.78, 5) is 32.3. The average molecular weight is 454 g/mol. The Kier molecular flexibility index (Phi) is 6.32. The molecule has 0 spiro atoms. The zero-order valence-electron chi connectivity index (χ0n) is 20.0. The molecule has 0 bridgehead atoms. The van der Waals surface area contributed by atoms with E-state index in [0.29, 0.717) is 22.6 Å². The number of nitrogens with zero attached hydrogens (tertiary/aromatic N) is 2. The number of anilines is 1. The van der Waals surface area contributed by atoms with Crippen molar-refractivity contribution in [1.82, 2.24) is 9.88 Å². The highest BCUT2D eigenvalue weighted by atomic mass is 16.5. The van der Waals surface area contributed by atoms with Crippen molar-refractivity contribution in [2.45, 2.75) is 13.8 Å². The number of pyridine rings is 1. The number of hydrogen-bond acceptors (Lipinski definition) is 4. The third-order valence-corrected chi connectivity index (χ3v) is 5.72. The number of rotatable bonds is 5. The summed E-state index contributed by atoms with van der Waals surface area (Å²) in [5.74, 6) is -0.00127. The number of benzene rings is 3. The van der Waals surface area contributed by atoms with Crippen molar-refractivity contribution in [3.63, 3.8) is 0 Å². The van der Waals surface area contributed by atoms with Crippen LogP contribution in [0.2, 0.25) is 0 Å². The topological polar surface area (TPSA) is 71.5 Å². The number of ether oxygens (including phenoxy) is 1. The standard InChI is InChI=1S/C28H27N3O3/c1-17-10-12-20(18(2)14-17)24-16-22(21-8-6-7-9-23(21)29-24)27(32)30-25-15-19(28(33)31(3)4)11-13-26(25)34-5/h6-16H,1-5H3,(H,30,32). The van der Waals surface area contributed by atoms with Crippen molar-refractivity contribution < 1.29 is 14.3 Å². The first-order valence-electron chi connectivity index (χ1n) is 11.0. The van der Waals surface area contributed by atoms with E-state index < -0.39 is 0 Å². The summed E-state index contributed by atoms with van der Waals surface area (Å²) in [5.41, 5.74) is 6.06. The molecule has 1 aromatic heterocycles. The third kappa shape index (κ3) is 4.48. The van der Waals surface area contributed by atoms with E-state index in [1.165, 1.54) is 17.6 Å². The van der Waals surface area contributed by atoms with Crippen LogP contribution in [0.5, 0.6) is 5.75 Å². The number of nitrogens with one attached hydrogen (secondary N) is 1. The van der Waals surface area contributed by atoms with Gasteiger partial charge < -0.3 is 15.0 Å². The number of fused-ring (bicyclic) bond motifs is 1. The minimum Gasteiger partial charge on any atom is -0.495 e. The third-order valence-electron chi connectivity index (χ3n) is 5.72. The van der Waals surface area contributed by atoms with E-state index in [1.807, 2.05) is 56.3 Å². The largest absolute Gasteiger partial charge is 0.495 e. The second kappa shape index (κ2) is 9.35. The van der Waals surface area contributed by atoms with Gasteiger partial charge in [0, 0.05) is 30.6 Å². The van der Waals surface area contributed by atoms with Crippen molar-refractivity contribution in [3.8, 4) is 17.0 Å². The van der Waals surface area contributed by atoms with Crippen LogP contribution in [0.15, 0.2) is 66.7 Å². The molecule has 3 aromatic carbocycles. The molecule has 2 amide bonds. The molecule has 0 saturated carbocycles. The first-order valence-corrected chi connectivity index (χ1v) is 11.0. The Labute approximate surface area is 199 Å². The molecule has 34 heavy (non-hydrogen) atoms. The molecule has 0 radical (unpaired) electrons. The van der Waals surface area contributed by atoms with Gasteiger partial charge in [0.15, 0.2) is 0 Å². The molecular weight excluding hydrogens is 426 g/mol. The summed E-state index contributed by atoms with van der Waals surface area (Å²) in [6, 6.07) is 20.5. The fourth-order valence-electron chi connectivity index (χ4n) is 3.99. The van der Waals surface area contributed by atoms with Crippen molar-refractivity contribution in [2.75, 3.05) is 26.5 Å². The van der Waals surface area contributed by atoms with Crippen LogP contribution in [0, 0.1) is 13.8 Å². The number of aromatic nitrogens is 1. The van der Waals surface area contributed by atoms with Gasteiger partial charge in [0.25, 0.3) is 11.8 Å². The van der Waals surface area contributed by atoms with Crippen LogP contribution < -0.4 is 10.1 Å². The Morgan fingerprint density at radius 3 is 2.41 bits per heavy atom. The lowest BCUT2D eigenvalue weighted by atomic mass is 9.99. The maximum Gasteiger partial charge on any atom is 0.256 e. The molecular formula is C28H27N3O3. The van der Waals surface area contributed by atoms with Gasteiger partial charge in [-0.2, -0.15) is 0 Å². The van der Waals surface area contributed by atoms with Crippen molar-refractivity contribution in [3.05, 3.63) is 89.0 Å². The van der Waals surface area contributed by atoms with Gasteiger partial charge in [-0.15, -0.1) is 0 Å². The van der Waals surface area contributed by atoms with Crippen LogP contribution in [0.4, 0.5) is 5.69 Å². The number of carbonyl (C=O) groups is 2. The Balaban J connectivity index is 1.80. The summed E-state index contributed by atoms with van der Waals surface area (Å²) >= 11 is 0. The maximum atomic E-state index is 13.5. The first kappa shape index (κ1) is 23.0. The van der Waals surface area contributed by atoms with Gasteiger partial charge in [0.2, 0.25) is 0 Å². The van der Waals surface area contributed by atoms with Crippen LogP contribution in [0.25, 0.3) is 22.2 Å². The van der Waals surface area contributed by atoms with E-state index >= 15 is 0 Å². The summed E-state index contributed by atoms with van der Waals surface area (Å²) in [6.07, 6.45) is 0. The number of amides is 2. The smallest absolute Gasteiger partial charge is 0.256 e. The zero-order chi connectivity index (χ0) is 24.4. The highest BCUT2D eigenvalue weighted by molar-refractivity contribution is 6.14. The second-order valence-electron chi connectivity index (χ2n) is 8.46. The molecule has 0 fully saturated rings. The molecule has 6 nitrogen and oxygen atoms in total. The molecule has 4 rings (SSSR count). The molecule has 0 aliphatic heterocycles. The molecule has 0 saturated heterocycles. The fourth-order valence-corrected chi connectivity index (χ4v) is 3.99. The first-order chi connectivity index (χ1) is 16.3. The Morgan fingerprint density at radius 1 is 0.941 bits per heavy atom. The van der Waals surface area contributed by atoms with Gasteiger partial charge in [0.05, 0.1) is 29.6 Å². The van der Waals surface area contributed by atoms with Gasteiger partial charge in [0.1, 0.15) is 5.75 Å². The lowest BCUT2D eigenvalue weighted by molar-refractivity contribution is 0.0827. The van der Waals surface area contributed by atoms with Crippen molar-refractivity contribution in [2.24, 2.45) is 0 Å². The average Bonchev–Trinajstić information content (AvgIpc) is 2.82. The lowest BCUT2D eigenvalue weighted by Crippen LogP contribution is -2.22. The van der Waals surface area contributed by atoms with Crippen molar-refractivity contribution in [1.29, 1.82) is 0 Å². The van der Waals surface area contributed by atoms with Crippen LogP contribution >= 0.6 is 0 Å². The van der Waals surface area contributed by atoms with Crippen LogP contribution in [-0.4, -0.2) is 42.9 Å². The highest BCUT2D eigenvalue weighted by Gasteiger charge is 2.18. The SMILES string of the molecule is COc1ccc(C(=O)N(C)C)cc1NC(=O)c1cc(-c2ccc(C)cc2C)nc2ccccc12. The molecule has 0 unspecified atom stereocenters. The number of para-hydroxylation sites is 1. The van der Waals surface area contributed by atoms with E-state index in [2.05, 4.69) is 11.4 Å². The second-order valence-corrected chi connectivity index (χ2v) is 8.46. The minimum absolute atomic E-state index is 0.162. The Hall–Kier alpha value is -4.19. The van der Waals surface area contributed by atoms with Gasteiger partial charge in [-0.25, -0.2) is 4.98 Å². The number of hydrogen-bond donors (Lipinski definition) is 1. The number of carbonyl (C=O) groups excluding carboxylic acids is 2. The summed E-state index contributed by atoms with van der Waals surface area (Å²) in [7, 11) is 4.89. The van der Waals surface area contributed by atoms with Crippen LogP contribution in [0.1, 0.15) is 31.8 Å². The quantitative estimate of drug-likeness (QED) is 0.434. The minimum atomic E-state index is -0.308. The summed E-state index contributed by atoms with van der Waals surface area (Å²) in [5, 5.41) is 3.69. The molecule has 172 valence electrons. The molecule has 6 heteroatoms. The summed E-state index contributed by atoms with van der Waals surface area (Å²) < 4.78 is 5.43. The molecule has 4 aromatic rings. The fraction of sp³-hybridized carbons (Fsp3) is 0.179. The van der Waals surface area contributed by atoms with E-state index in [-0.39, 0.29) is 11.8 Å². The molecule has 1 N–H and O–H groups in total. The summed E-state index contributed by atoms with van der Waals surface area (Å²) in [6.45, 7) is 4.09. The number of aryl methyl sites for hydroxylation is 2. The van der Waals surface area contributed by atoms with Gasteiger partial charge in [-0.3, -0.25) is 9.59 Å². The Morgan fingerprint density at radius 2 is 1.71 bits per heavy atom. The van der Waals surface area contributed by atoms with E-state index in [4.69, 9.17) is 9.72 Å². The van der Waals surface area contributed by atoms with Gasteiger partial charge in [-0.1, -0.05) is 42.0 Å². The Bertz CT molecular complexity index is 1410. The highest BCUT2D eigenvalue weighted by Crippen LogP contribution is 2.30.